The predicted molar refractivity (Wildman–Crippen MR) is 76.5 cm³/mol. The van der Waals surface area contributed by atoms with Crippen molar-refractivity contribution in [1.82, 2.24) is 0 Å². The lowest BCUT2D eigenvalue weighted by molar-refractivity contribution is 0.296. The summed E-state index contributed by atoms with van der Waals surface area (Å²) in [5.41, 5.74) is 8.40. The number of hydrogen-bond donors (Lipinski definition) is 1. The van der Waals surface area contributed by atoms with Crippen LogP contribution >= 0.6 is 15.9 Å². The van der Waals surface area contributed by atoms with Crippen molar-refractivity contribution in [3.05, 3.63) is 21.7 Å². The van der Waals surface area contributed by atoms with E-state index < -0.39 is 0 Å². The van der Waals surface area contributed by atoms with Gasteiger partial charge in [0.2, 0.25) is 0 Å². The van der Waals surface area contributed by atoms with E-state index in [-0.39, 0.29) is 6.04 Å². The third-order valence-corrected chi connectivity index (χ3v) is 3.79. The minimum Gasteiger partial charge on any atom is -0.490 e. The fraction of sp³-hybridized carbons (Fsp3) is 0.571. The molecule has 1 aromatic carbocycles. The van der Waals surface area contributed by atoms with Gasteiger partial charge in [0.1, 0.15) is 0 Å². The zero-order valence-corrected chi connectivity index (χ0v) is 12.5. The van der Waals surface area contributed by atoms with Gasteiger partial charge in [-0.2, -0.15) is 0 Å². The molecular formula is C14H20BrNO2. The molecule has 1 aliphatic heterocycles. The molecule has 0 fully saturated rings. The first-order valence-electron chi connectivity index (χ1n) is 6.49. The van der Waals surface area contributed by atoms with Gasteiger partial charge in [0.15, 0.2) is 11.5 Å². The van der Waals surface area contributed by atoms with Crippen LogP contribution in [-0.4, -0.2) is 19.3 Å². The summed E-state index contributed by atoms with van der Waals surface area (Å²) >= 11 is 3.63. The summed E-state index contributed by atoms with van der Waals surface area (Å²) in [5.74, 6) is 1.76. The van der Waals surface area contributed by atoms with Crippen LogP contribution < -0.4 is 15.2 Å². The summed E-state index contributed by atoms with van der Waals surface area (Å²) in [6.07, 6.45) is 2.70. The maximum Gasteiger partial charge on any atom is 0.164 e. The molecule has 0 aromatic heterocycles. The van der Waals surface area contributed by atoms with Gasteiger partial charge in [-0.1, -0.05) is 22.9 Å². The Kier molecular flexibility index (Phi) is 4.51. The molecule has 100 valence electrons. The van der Waals surface area contributed by atoms with E-state index >= 15 is 0 Å². The predicted octanol–water partition coefficient (Wildman–Crippen LogP) is 3.06. The Balaban J connectivity index is 2.50. The molecule has 1 aliphatic rings. The van der Waals surface area contributed by atoms with Crippen molar-refractivity contribution in [2.45, 2.75) is 39.2 Å². The fourth-order valence-electron chi connectivity index (χ4n) is 2.30. The molecule has 1 atom stereocenters. The lowest BCUT2D eigenvalue weighted by atomic mass is 9.98. The topological polar surface area (TPSA) is 44.5 Å². The number of hydrogen-bond acceptors (Lipinski definition) is 3. The highest BCUT2D eigenvalue weighted by Gasteiger charge is 2.20. The summed E-state index contributed by atoms with van der Waals surface area (Å²) in [5, 5.41) is 0. The minimum absolute atomic E-state index is 0.136. The van der Waals surface area contributed by atoms with Crippen LogP contribution in [-0.2, 0) is 12.8 Å². The highest BCUT2D eigenvalue weighted by Crippen LogP contribution is 2.40. The molecule has 1 heterocycles. The van der Waals surface area contributed by atoms with Crippen molar-refractivity contribution >= 4 is 15.9 Å². The smallest absolute Gasteiger partial charge is 0.164 e. The molecule has 1 aromatic rings. The van der Waals surface area contributed by atoms with E-state index in [2.05, 4.69) is 22.9 Å². The standard InChI is InChI=1S/C14H20BrNO2/c1-3-10-11(7-9(2)16)12(15)8-13-14(10)18-6-4-5-17-13/h8-9H,3-7,16H2,1-2H3. The second-order valence-electron chi connectivity index (χ2n) is 4.73. The molecule has 0 radical (unpaired) electrons. The van der Waals surface area contributed by atoms with Gasteiger partial charge in [-0.15, -0.1) is 0 Å². The van der Waals surface area contributed by atoms with Gasteiger partial charge in [0.25, 0.3) is 0 Å². The molecule has 0 amide bonds. The van der Waals surface area contributed by atoms with Gasteiger partial charge in [-0.3, -0.25) is 0 Å². The first kappa shape index (κ1) is 13.7. The Morgan fingerprint density at radius 3 is 2.72 bits per heavy atom. The number of benzene rings is 1. The average molecular weight is 314 g/mol. The molecule has 1 unspecified atom stereocenters. The van der Waals surface area contributed by atoms with Crippen LogP contribution in [0.4, 0.5) is 0 Å². The number of ether oxygens (including phenoxy) is 2. The van der Waals surface area contributed by atoms with E-state index in [1.54, 1.807) is 0 Å². The van der Waals surface area contributed by atoms with Gasteiger partial charge in [0, 0.05) is 22.5 Å². The lowest BCUT2D eigenvalue weighted by Gasteiger charge is -2.19. The van der Waals surface area contributed by atoms with E-state index in [9.17, 15) is 0 Å². The Morgan fingerprint density at radius 2 is 2.06 bits per heavy atom. The highest BCUT2D eigenvalue weighted by molar-refractivity contribution is 9.10. The summed E-state index contributed by atoms with van der Waals surface area (Å²) in [7, 11) is 0. The van der Waals surface area contributed by atoms with Crippen LogP contribution in [0.1, 0.15) is 31.4 Å². The molecule has 2 N–H and O–H groups in total. The summed E-state index contributed by atoms with van der Waals surface area (Å²) in [6.45, 7) is 5.60. The maximum absolute atomic E-state index is 5.93. The van der Waals surface area contributed by atoms with Crippen LogP contribution in [0.3, 0.4) is 0 Å². The number of nitrogens with two attached hydrogens (primary N) is 1. The average Bonchev–Trinajstić information content (AvgIpc) is 2.54. The largest absolute Gasteiger partial charge is 0.490 e. The third-order valence-electron chi connectivity index (χ3n) is 3.08. The van der Waals surface area contributed by atoms with Crippen molar-refractivity contribution in [3.63, 3.8) is 0 Å². The van der Waals surface area contributed by atoms with Crippen molar-refractivity contribution in [2.75, 3.05) is 13.2 Å². The van der Waals surface area contributed by atoms with Gasteiger partial charge < -0.3 is 15.2 Å². The Morgan fingerprint density at radius 1 is 1.33 bits per heavy atom. The number of halogens is 1. The molecule has 18 heavy (non-hydrogen) atoms. The molecular weight excluding hydrogens is 294 g/mol. The first-order chi connectivity index (χ1) is 8.63. The van der Waals surface area contributed by atoms with E-state index in [4.69, 9.17) is 15.2 Å². The lowest BCUT2D eigenvalue weighted by Crippen LogP contribution is -2.19. The number of rotatable bonds is 3. The van der Waals surface area contributed by atoms with E-state index in [1.165, 1.54) is 11.1 Å². The normalized spacial score (nSPS) is 16.2. The quantitative estimate of drug-likeness (QED) is 0.932. The molecule has 4 heteroatoms. The molecule has 0 spiro atoms. The van der Waals surface area contributed by atoms with Crippen molar-refractivity contribution in [2.24, 2.45) is 5.73 Å². The van der Waals surface area contributed by atoms with Crippen molar-refractivity contribution in [1.29, 1.82) is 0 Å². The highest BCUT2D eigenvalue weighted by atomic mass is 79.9. The first-order valence-corrected chi connectivity index (χ1v) is 7.28. The SMILES string of the molecule is CCc1c(CC(C)N)c(Br)cc2c1OCCCO2. The number of fused-ring (bicyclic) bond motifs is 1. The van der Waals surface area contributed by atoms with Gasteiger partial charge in [-0.05, 0) is 31.4 Å². The van der Waals surface area contributed by atoms with E-state index in [1.807, 2.05) is 13.0 Å². The van der Waals surface area contributed by atoms with Crippen LogP contribution in [0.25, 0.3) is 0 Å². The van der Waals surface area contributed by atoms with E-state index in [0.717, 1.165) is 48.4 Å². The third kappa shape index (κ3) is 2.81. The maximum atomic E-state index is 5.93. The molecule has 0 saturated carbocycles. The molecule has 0 bridgehead atoms. The molecule has 3 nitrogen and oxygen atoms in total. The fourth-order valence-corrected chi connectivity index (χ4v) is 2.90. The van der Waals surface area contributed by atoms with Crippen LogP contribution in [0.2, 0.25) is 0 Å². The van der Waals surface area contributed by atoms with Crippen molar-refractivity contribution in [3.8, 4) is 11.5 Å². The minimum atomic E-state index is 0.136. The second kappa shape index (κ2) is 5.93. The van der Waals surface area contributed by atoms with Crippen LogP contribution in [0.15, 0.2) is 10.5 Å². The van der Waals surface area contributed by atoms with Crippen LogP contribution in [0, 0.1) is 0 Å². The Bertz CT molecular complexity index is 432. The second-order valence-corrected chi connectivity index (χ2v) is 5.58. The molecule has 0 aliphatic carbocycles. The summed E-state index contributed by atoms with van der Waals surface area (Å²) in [4.78, 5) is 0. The van der Waals surface area contributed by atoms with Crippen molar-refractivity contribution < 1.29 is 9.47 Å². The summed E-state index contributed by atoms with van der Waals surface area (Å²) in [6, 6.07) is 2.15. The Hall–Kier alpha value is -0.740. The molecule has 2 rings (SSSR count). The Labute approximate surface area is 117 Å². The monoisotopic (exact) mass is 313 g/mol. The van der Waals surface area contributed by atoms with E-state index in [0.29, 0.717) is 0 Å². The molecule has 0 saturated heterocycles. The van der Waals surface area contributed by atoms with Gasteiger partial charge in [-0.25, -0.2) is 0 Å². The van der Waals surface area contributed by atoms with Crippen LogP contribution in [0.5, 0.6) is 11.5 Å². The van der Waals surface area contributed by atoms with Gasteiger partial charge >= 0.3 is 0 Å². The summed E-state index contributed by atoms with van der Waals surface area (Å²) < 4.78 is 12.7. The van der Waals surface area contributed by atoms with Gasteiger partial charge in [0.05, 0.1) is 13.2 Å². The zero-order chi connectivity index (χ0) is 13.1. The zero-order valence-electron chi connectivity index (χ0n) is 11.0.